The van der Waals surface area contributed by atoms with E-state index in [1.165, 1.54) is 6.07 Å². The number of benzene rings is 2. The Morgan fingerprint density at radius 1 is 1.18 bits per heavy atom. The van der Waals surface area contributed by atoms with Gasteiger partial charge in [-0.2, -0.15) is 4.98 Å². The van der Waals surface area contributed by atoms with E-state index in [9.17, 15) is 4.39 Å². The molecule has 0 aliphatic carbocycles. The van der Waals surface area contributed by atoms with Crippen molar-refractivity contribution in [2.45, 2.75) is 13.5 Å². The van der Waals surface area contributed by atoms with Crippen LogP contribution in [0.3, 0.4) is 0 Å². The zero-order chi connectivity index (χ0) is 15.5. The Morgan fingerprint density at radius 3 is 2.68 bits per heavy atom. The van der Waals surface area contributed by atoms with Crippen LogP contribution in [0.1, 0.15) is 11.5 Å². The number of aromatic nitrogens is 2. The van der Waals surface area contributed by atoms with Gasteiger partial charge in [0.2, 0.25) is 11.7 Å². The average molecular weight is 318 g/mol. The lowest BCUT2D eigenvalue weighted by atomic mass is 10.2. The molecule has 2 aromatic carbocycles. The molecule has 1 heterocycles. The maximum Gasteiger partial charge on any atom is 0.246 e. The smallest absolute Gasteiger partial charge is 0.246 e. The molecule has 22 heavy (non-hydrogen) atoms. The number of nitrogens with zero attached hydrogens (tertiary/aromatic N) is 2. The highest BCUT2D eigenvalue weighted by Crippen LogP contribution is 2.20. The molecule has 0 unspecified atom stereocenters. The van der Waals surface area contributed by atoms with Gasteiger partial charge < -0.3 is 9.84 Å². The van der Waals surface area contributed by atoms with Crippen molar-refractivity contribution in [3.8, 4) is 11.4 Å². The summed E-state index contributed by atoms with van der Waals surface area (Å²) < 4.78 is 18.9. The molecule has 0 aliphatic heterocycles. The molecule has 0 aliphatic rings. The second-order valence-electron chi connectivity index (χ2n) is 4.86. The summed E-state index contributed by atoms with van der Waals surface area (Å²) in [5.41, 5.74) is 2.07. The van der Waals surface area contributed by atoms with Crippen LogP contribution >= 0.6 is 11.6 Å². The summed E-state index contributed by atoms with van der Waals surface area (Å²) >= 11 is 5.84. The van der Waals surface area contributed by atoms with Gasteiger partial charge in [0, 0.05) is 10.6 Å². The zero-order valence-corrected chi connectivity index (χ0v) is 12.6. The third-order valence-electron chi connectivity index (χ3n) is 3.13. The quantitative estimate of drug-likeness (QED) is 0.772. The number of hydrogen-bond donors (Lipinski definition) is 1. The Balaban J connectivity index is 1.70. The van der Waals surface area contributed by atoms with Crippen LogP contribution in [0.25, 0.3) is 11.4 Å². The molecule has 0 saturated heterocycles. The van der Waals surface area contributed by atoms with Gasteiger partial charge in [0.1, 0.15) is 5.82 Å². The van der Waals surface area contributed by atoms with Gasteiger partial charge in [-0.05, 0) is 48.9 Å². The predicted octanol–water partition coefficient (Wildman–Crippen LogP) is 4.45. The van der Waals surface area contributed by atoms with E-state index in [1.54, 1.807) is 18.2 Å². The van der Waals surface area contributed by atoms with E-state index in [4.69, 9.17) is 16.1 Å². The van der Waals surface area contributed by atoms with Crippen LogP contribution in [-0.2, 0) is 6.54 Å². The minimum Gasteiger partial charge on any atom is -0.374 e. The van der Waals surface area contributed by atoms with E-state index in [0.29, 0.717) is 22.4 Å². The second-order valence-corrected chi connectivity index (χ2v) is 5.29. The Kier molecular flexibility index (Phi) is 4.06. The third-order valence-corrected chi connectivity index (χ3v) is 3.38. The molecule has 0 atom stereocenters. The molecule has 0 fully saturated rings. The fourth-order valence-electron chi connectivity index (χ4n) is 1.98. The Hall–Kier alpha value is -2.40. The van der Waals surface area contributed by atoms with E-state index in [1.807, 2.05) is 25.1 Å². The van der Waals surface area contributed by atoms with E-state index >= 15 is 0 Å². The van der Waals surface area contributed by atoms with Crippen molar-refractivity contribution in [2.75, 3.05) is 5.32 Å². The van der Waals surface area contributed by atoms with Gasteiger partial charge in [0.25, 0.3) is 0 Å². The van der Waals surface area contributed by atoms with Crippen LogP contribution < -0.4 is 5.32 Å². The van der Waals surface area contributed by atoms with Crippen LogP contribution in [0.5, 0.6) is 0 Å². The highest BCUT2D eigenvalue weighted by molar-refractivity contribution is 6.30. The highest BCUT2D eigenvalue weighted by atomic mass is 35.5. The van der Waals surface area contributed by atoms with Gasteiger partial charge in [0.15, 0.2) is 0 Å². The molecule has 4 nitrogen and oxygen atoms in total. The molecular formula is C16H13ClFN3O. The Bertz CT molecular complexity index is 786. The minimum absolute atomic E-state index is 0.251. The van der Waals surface area contributed by atoms with E-state index < -0.39 is 0 Å². The first-order valence-corrected chi connectivity index (χ1v) is 7.08. The molecule has 0 saturated carbocycles. The third kappa shape index (κ3) is 3.26. The summed E-state index contributed by atoms with van der Waals surface area (Å²) in [6, 6.07) is 12.1. The van der Waals surface area contributed by atoms with Crippen LogP contribution in [0.15, 0.2) is 47.0 Å². The zero-order valence-electron chi connectivity index (χ0n) is 11.8. The number of aryl methyl sites for hydroxylation is 1. The van der Waals surface area contributed by atoms with Crippen LogP contribution in [-0.4, -0.2) is 10.1 Å². The highest BCUT2D eigenvalue weighted by Gasteiger charge is 2.09. The van der Waals surface area contributed by atoms with Crippen LogP contribution in [0.4, 0.5) is 10.1 Å². The molecule has 0 bridgehead atoms. The number of anilines is 1. The molecule has 3 aromatic rings. The van der Waals surface area contributed by atoms with Gasteiger partial charge in [-0.1, -0.05) is 22.8 Å². The Labute approximate surface area is 131 Å². The normalized spacial score (nSPS) is 10.7. The van der Waals surface area contributed by atoms with E-state index in [2.05, 4.69) is 15.5 Å². The van der Waals surface area contributed by atoms with Crippen molar-refractivity contribution >= 4 is 17.3 Å². The van der Waals surface area contributed by atoms with Crippen molar-refractivity contribution in [3.05, 3.63) is 64.8 Å². The van der Waals surface area contributed by atoms with Crippen LogP contribution in [0.2, 0.25) is 5.02 Å². The molecule has 1 N–H and O–H groups in total. The first kappa shape index (κ1) is 14.5. The lowest BCUT2D eigenvalue weighted by Crippen LogP contribution is -2.01. The van der Waals surface area contributed by atoms with Crippen molar-refractivity contribution in [3.63, 3.8) is 0 Å². The fraction of sp³-hybridized carbons (Fsp3) is 0.125. The molecule has 112 valence electrons. The maximum absolute atomic E-state index is 13.7. The maximum atomic E-state index is 13.7. The van der Waals surface area contributed by atoms with Crippen LogP contribution in [0, 0.1) is 12.7 Å². The second kappa shape index (κ2) is 6.15. The fourth-order valence-corrected chi connectivity index (χ4v) is 2.10. The molecule has 1 aromatic heterocycles. The summed E-state index contributed by atoms with van der Waals surface area (Å²) in [5.74, 6) is 0.542. The minimum atomic E-state index is -0.308. The van der Waals surface area contributed by atoms with Crippen molar-refractivity contribution in [2.24, 2.45) is 0 Å². The van der Waals surface area contributed by atoms with Crippen molar-refractivity contribution in [1.82, 2.24) is 10.1 Å². The molecular weight excluding hydrogens is 305 g/mol. The van der Waals surface area contributed by atoms with Gasteiger partial charge in [-0.3, -0.25) is 0 Å². The largest absolute Gasteiger partial charge is 0.374 e. The first-order valence-electron chi connectivity index (χ1n) is 6.70. The van der Waals surface area contributed by atoms with Crippen molar-refractivity contribution < 1.29 is 8.91 Å². The molecule has 0 amide bonds. The standard InChI is InChI=1S/C16H13ClFN3O/c1-10-2-7-14(13(18)8-10)19-9-15-20-16(21-22-15)11-3-5-12(17)6-4-11/h2-8,19H,9H2,1H3. The summed E-state index contributed by atoms with van der Waals surface area (Å²) in [6.07, 6.45) is 0. The molecule has 0 radical (unpaired) electrons. The lowest BCUT2D eigenvalue weighted by Gasteiger charge is -2.05. The average Bonchev–Trinajstić information content (AvgIpc) is 2.96. The van der Waals surface area contributed by atoms with Gasteiger partial charge >= 0.3 is 0 Å². The first-order chi connectivity index (χ1) is 10.6. The number of hydrogen-bond acceptors (Lipinski definition) is 4. The predicted molar refractivity (Wildman–Crippen MR) is 83.2 cm³/mol. The summed E-state index contributed by atoms with van der Waals surface area (Å²) in [4.78, 5) is 4.27. The van der Waals surface area contributed by atoms with Gasteiger partial charge in [0.05, 0.1) is 12.2 Å². The lowest BCUT2D eigenvalue weighted by molar-refractivity contribution is 0.384. The molecule has 6 heteroatoms. The molecule has 3 rings (SSSR count). The number of halogens is 2. The summed E-state index contributed by atoms with van der Waals surface area (Å²) in [5, 5.41) is 7.48. The summed E-state index contributed by atoms with van der Waals surface area (Å²) in [7, 11) is 0. The monoisotopic (exact) mass is 317 g/mol. The van der Waals surface area contributed by atoms with Crippen molar-refractivity contribution in [1.29, 1.82) is 0 Å². The summed E-state index contributed by atoms with van der Waals surface area (Å²) in [6.45, 7) is 2.09. The number of nitrogens with one attached hydrogen (secondary N) is 1. The van der Waals surface area contributed by atoms with Gasteiger partial charge in [-0.25, -0.2) is 4.39 Å². The van der Waals surface area contributed by atoms with Gasteiger partial charge in [-0.15, -0.1) is 0 Å². The Morgan fingerprint density at radius 2 is 1.95 bits per heavy atom. The SMILES string of the molecule is Cc1ccc(NCc2nc(-c3ccc(Cl)cc3)no2)c(F)c1. The molecule has 0 spiro atoms. The topological polar surface area (TPSA) is 51.0 Å². The van der Waals surface area contributed by atoms with E-state index in [-0.39, 0.29) is 12.4 Å². The number of rotatable bonds is 4. The van der Waals surface area contributed by atoms with E-state index in [0.717, 1.165) is 11.1 Å².